The third kappa shape index (κ3) is 3.20. The molecule has 1 aromatic heterocycles. The summed E-state index contributed by atoms with van der Waals surface area (Å²) in [5.41, 5.74) is 1.60. The molecule has 2 heterocycles. The summed E-state index contributed by atoms with van der Waals surface area (Å²) < 4.78 is 0. The van der Waals surface area contributed by atoms with Crippen molar-refractivity contribution in [1.82, 2.24) is 10.2 Å². The second kappa shape index (κ2) is 6.02. The van der Waals surface area contributed by atoms with Gasteiger partial charge < -0.3 is 5.32 Å². The minimum atomic E-state index is 0.817. The van der Waals surface area contributed by atoms with Crippen molar-refractivity contribution in [3.63, 3.8) is 0 Å². The Balaban J connectivity index is 1.39. The second-order valence-corrected chi connectivity index (χ2v) is 8.66. The summed E-state index contributed by atoms with van der Waals surface area (Å²) in [5.74, 6) is 1.01. The average molecular weight is 305 g/mol. The van der Waals surface area contributed by atoms with E-state index in [4.69, 9.17) is 0 Å². The van der Waals surface area contributed by atoms with Crippen LogP contribution < -0.4 is 5.32 Å². The number of fused-ring (bicyclic) bond motifs is 1. The van der Waals surface area contributed by atoms with E-state index in [1.54, 1.807) is 10.4 Å². The average Bonchev–Trinajstić information content (AvgIpc) is 3.15. The van der Waals surface area contributed by atoms with Gasteiger partial charge in [0.15, 0.2) is 0 Å². The van der Waals surface area contributed by atoms with Crippen LogP contribution in [0.5, 0.6) is 0 Å². The van der Waals surface area contributed by atoms with Crippen LogP contribution in [0.4, 0.5) is 0 Å². The zero-order valence-electron chi connectivity index (χ0n) is 13.2. The molecule has 116 valence electrons. The first kappa shape index (κ1) is 14.2. The van der Waals surface area contributed by atoms with Crippen molar-refractivity contribution in [3.8, 4) is 0 Å². The van der Waals surface area contributed by atoms with E-state index in [1.807, 2.05) is 11.3 Å². The van der Waals surface area contributed by atoms with E-state index < -0.39 is 0 Å². The summed E-state index contributed by atoms with van der Waals surface area (Å²) in [6, 6.07) is 4.19. The smallest absolute Gasteiger partial charge is 0.0302 e. The Labute approximate surface area is 132 Å². The molecule has 0 radical (unpaired) electrons. The Morgan fingerprint density at radius 1 is 1.19 bits per heavy atom. The van der Waals surface area contributed by atoms with Crippen LogP contribution in [-0.4, -0.2) is 23.5 Å². The lowest BCUT2D eigenvalue weighted by molar-refractivity contribution is 0.176. The summed E-state index contributed by atoms with van der Waals surface area (Å²) in [6.45, 7) is 5.94. The lowest BCUT2D eigenvalue weighted by Gasteiger charge is -2.31. The van der Waals surface area contributed by atoms with Gasteiger partial charge in [-0.1, -0.05) is 12.8 Å². The molecule has 3 fully saturated rings. The van der Waals surface area contributed by atoms with Gasteiger partial charge >= 0.3 is 0 Å². The van der Waals surface area contributed by atoms with E-state index in [2.05, 4.69) is 23.2 Å². The van der Waals surface area contributed by atoms with Gasteiger partial charge in [-0.2, -0.15) is 0 Å². The molecule has 21 heavy (non-hydrogen) atoms. The van der Waals surface area contributed by atoms with Crippen molar-refractivity contribution < 1.29 is 0 Å². The van der Waals surface area contributed by atoms with E-state index in [0.717, 1.165) is 24.5 Å². The van der Waals surface area contributed by atoms with Crippen LogP contribution in [0.25, 0.3) is 0 Å². The fourth-order valence-corrected chi connectivity index (χ4v) is 5.29. The molecular formula is C18H28N2S. The molecule has 0 bridgehead atoms. The highest BCUT2D eigenvalue weighted by atomic mass is 32.1. The van der Waals surface area contributed by atoms with Crippen LogP contribution in [0.1, 0.15) is 60.3 Å². The highest BCUT2D eigenvalue weighted by Crippen LogP contribution is 2.37. The molecule has 2 atom stereocenters. The zero-order valence-corrected chi connectivity index (χ0v) is 14.1. The normalized spacial score (nSPS) is 29.8. The van der Waals surface area contributed by atoms with Crippen molar-refractivity contribution >= 4 is 11.3 Å². The molecule has 2 nitrogen and oxygen atoms in total. The highest BCUT2D eigenvalue weighted by molar-refractivity contribution is 7.12. The number of nitrogens with one attached hydrogen (secondary N) is 1. The number of nitrogens with zero attached hydrogens (tertiary/aromatic N) is 1. The van der Waals surface area contributed by atoms with Gasteiger partial charge in [-0.3, -0.25) is 4.90 Å². The predicted molar refractivity (Wildman–Crippen MR) is 89.7 cm³/mol. The van der Waals surface area contributed by atoms with Gasteiger partial charge in [-0.05, 0) is 63.1 Å². The molecule has 1 N–H and O–H groups in total. The zero-order chi connectivity index (χ0) is 14.2. The molecule has 3 aliphatic rings. The maximum atomic E-state index is 3.65. The van der Waals surface area contributed by atoms with Crippen molar-refractivity contribution in [2.75, 3.05) is 6.54 Å². The number of hydrogen-bond acceptors (Lipinski definition) is 3. The number of likely N-dealkylation sites (tertiary alicyclic amines) is 1. The maximum Gasteiger partial charge on any atom is 0.0302 e. The number of thiophene rings is 1. The molecular weight excluding hydrogens is 276 g/mol. The standard InChI is InChI=1S/C18H28N2S/c1-13-15(10-17(21-13)11-19-16-6-7-16)12-20-9-8-14-4-2-3-5-18(14)20/h10,14,16,18-19H,2-9,11-12H2,1H3. The summed E-state index contributed by atoms with van der Waals surface area (Å²) in [7, 11) is 0. The fourth-order valence-electron chi connectivity index (χ4n) is 4.28. The Bertz CT molecular complexity index is 491. The third-order valence-corrected chi connectivity index (χ3v) is 6.81. The predicted octanol–water partition coefficient (Wildman–Crippen LogP) is 4.07. The number of hydrogen-bond donors (Lipinski definition) is 1. The largest absolute Gasteiger partial charge is 0.309 e. The van der Waals surface area contributed by atoms with Gasteiger partial charge in [-0.25, -0.2) is 0 Å². The minimum absolute atomic E-state index is 0.817. The molecule has 1 aromatic rings. The monoisotopic (exact) mass is 304 g/mol. The summed E-state index contributed by atoms with van der Waals surface area (Å²) in [5, 5.41) is 3.65. The van der Waals surface area contributed by atoms with Crippen molar-refractivity contribution in [1.29, 1.82) is 0 Å². The molecule has 3 heteroatoms. The third-order valence-electron chi connectivity index (χ3n) is 5.71. The quantitative estimate of drug-likeness (QED) is 0.882. The minimum Gasteiger partial charge on any atom is -0.309 e. The Morgan fingerprint density at radius 3 is 2.90 bits per heavy atom. The Hall–Kier alpha value is -0.380. The molecule has 0 spiro atoms. The molecule has 1 aliphatic heterocycles. The lowest BCUT2D eigenvalue weighted by Crippen LogP contribution is -2.34. The van der Waals surface area contributed by atoms with Gasteiger partial charge in [0.2, 0.25) is 0 Å². The summed E-state index contributed by atoms with van der Waals surface area (Å²) in [6.07, 6.45) is 10.1. The number of aryl methyl sites for hydroxylation is 1. The van der Waals surface area contributed by atoms with Crippen LogP contribution in [0.15, 0.2) is 6.07 Å². The lowest BCUT2D eigenvalue weighted by atomic mass is 9.85. The van der Waals surface area contributed by atoms with Gasteiger partial charge in [0, 0.05) is 34.9 Å². The van der Waals surface area contributed by atoms with E-state index in [9.17, 15) is 0 Å². The Kier molecular flexibility index (Phi) is 4.08. The summed E-state index contributed by atoms with van der Waals surface area (Å²) >= 11 is 2.01. The maximum absolute atomic E-state index is 3.65. The molecule has 1 saturated heterocycles. The van der Waals surface area contributed by atoms with Crippen LogP contribution in [0.3, 0.4) is 0 Å². The first-order chi connectivity index (χ1) is 10.3. The molecule has 4 rings (SSSR count). The fraction of sp³-hybridized carbons (Fsp3) is 0.778. The molecule has 0 amide bonds. The van der Waals surface area contributed by atoms with Crippen molar-refractivity contribution in [2.45, 2.75) is 77.0 Å². The first-order valence-electron chi connectivity index (χ1n) is 8.85. The van der Waals surface area contributed by atoms with E-state index >= 15 is 0 Å². The van der Waals surface area contributed by atoms with E-state index in [1.165, 1.54) is 62.9 Å². The number of rotatable bonds is 5. The van der Waals surface area contributed by atoms with Gasteiger partial charge in [0.25, 0.3) is 0 Å². The van der Waals surface area contributed by atoms with Gasteiger partial charge in [0.05, 0.1) is 0 Å². The first-order valence-corrected chi connectivity index (χ1v) is 9.67. The molecule has 2 saturated carbocycles. The van der Waals surface area contributed by atoms with Crippen LogP contribution in [0, 0.1) is 12.8 Å². The van der Waals surface area contributed by atoms with Crippen LogP contribution in [0.2, 0.25) is 0 Å². The SMILES string of the molecule is Cc1sc(CNC2CC2)cc1CN1CCC2CCCCC21. The van der Waals surface area contributed by atoms with Crippen molar-refractivity contribution in [3.05, 3.63) is 21.4 Å². The molecule has 2 unspecified atom stereocenters. The van der Waals surface area contributed by atoms with E-state index in [0.29, 0.717) is 0 Å². The topological polar surface area (TPSA) is 15.3 Å². The van der Waals surface area contributed by atoms with E-state index in [-0.39, 0.29) is 0 Å². The Morgan fingerprint density at radius 2 is 2.05 bits per heavy atom. The van der Waals surface area contributed by atoms with Crippen LogP contribution in [-0.2, 0) is 13.1 Å². The second-order valence-electron chi connectivity index (χ2n) is 7.32. The van der Waals surface area contributed by atoms with Gasteiger partial charge in [-0.15, -0.1) is 11.3 Å². The summed E-state index contributed by atoms with van der Waals surface area (Å²) in [4.78, 5) is 5.87. The van der Waals surface area contributed by atoms with Crippen molar-refractivity contribution in [2.24, 2.45) is 5.92 Å². The van der Waals surface area contributed by atoms with Gasteiger partial charge in [0.1, 0.15) is 0 Å². The highest BCUT2D eigenvalue weighted by Gasteiger charge is 2.35. The molecule has 2 aliphatic carbocycles. The molecule has 0 aromatic carbocycles. The van der Waals surface area contributed by atoms with Crippen LogP contribution >= 0.6 is 11.3 Å².